The van der Waals surface area contributed by atoms with Crippen molar-refractivity contribution in [3.8, 4) is 28.3 Å². The van der Waals surface area contributed by atoms with Crippen LogP contribution in [-0.4, -0.2) is 46.4 Å². The third-order valence-corrected chi connectivity index (χ3v) is 6.86. The van der Waals surface area contributed by atoms with E-state index in [-0.39, 0.29) is 0 Å². The van der Waals surface area contributed by atoms with Crippen molar-refractivity contribution in [2.45, 2.75) is 38.1 Å². The number of aromatic nitrogens is 8. The summed E-state index contributed by atoms with van der Waals surface area (Å²) >= 11 is 0. The minimum atomic E-state index is 0.412. The van der Waals surface area contributed by atoms with Crippen molar-refractivity contribution in [1.82, 2.24) is 39.3 Å². The fourth-order valence-electron chi connectivity index (χ4n) is 5.11. The van der Waals surface area contributed by atoms with Gasteiger partial charge in [0.05, 0.1) is 30.9 Å². The van der Waals surface area contributed by atoms with Gasteiger partial charge in [0.2, 0.25) is 5.95 Å². The highest BCUT2D eigenvalue weighted by Crippen LogP contribution is 2.37. The van der Waals surface area contributed by atoms with Gasteiger partial charge in [-0.1, -0.05) is 30.5 Å². The van der Waals surface area contributed by atoms with Crippen LogP contribution in [0.25, 0.3) is 33.5 Å². The number of ether oxygens (including phenoxy) is 1. The summed E-state index contributed by atoms with van der Waals surface area (Å²) in [5, 5.41) is 17.0. The Morgan fingerprint density at radius 2 is 1.83 bits per heavy atom. The van der Waals surface area contributed by atoms with Crippen molar-refractivity contribution < 1.29 is 4.74 Å². The summed E-state index contributed by atoms with van der Waals surface area (Å²) in [7, 11) is 5.45. The van der Waals surface area contributed by atoms with Crippen LogP contribution in [0.4, 0.5) is 11.6 Å². The molecule has 1 aromatic carbocycles. The third-order valence-electron chi connectivity index (χ3n) is 6.86. The van der Waals surface area contributed by atoms with Gasteiger partial charge < -0.3 is 14.6 Å². The molecular weight excluding hydrogens is 454 g/mol. The number of aryl methyl sites for hydroxylation is 2. The number of methoxy groups -OCH3 is 1. The molecule has 1 aliphatic rings. The Balaban J connectivity index is 1.39. The van der Waals surface area contributed by atoms with Gasteiger partial charge in [0.25, 0.3) is 0 Å². The molecule has 36 heavy (non-hydrogen) atoms. The average molecular weight is 484 g/mol. The van der Waals surface area contributed by atoms with Crippen molar-refractivity contribution in [3.05, 3.63) is 49.1 Å². The van der Waals surface area contributed by atoms with E-state index in [0.717, 1.165) is 52.1 Å². The first-order valence-corrected chi connectivity index (χ1v) is 12.3. The van der Waals surface area contributed by atoms with Gasteiger partial charge in [0.15, 0.2) is 0 Å². The topological polar surface area (TPSA) is 101 Å². The number of rotatable bonds is 6. The molecule has 0 saturated heterocycles. The summed E-state index contributed by atoms with van der Waals surface area (Å²) in [5.41, 5.74) is 5.67. The van der Waals surface area contributed by atoms with E-state index in [2.05, 4.69) is 42.5 Å². The summed E-state index contributed by atoms with van der Waals surface area (Å²) in [6.45, 7) is 0. The summed E-state index contributed by atoms with van der Waals surface area (Å²) < 4.78 is 11.6. The van der Waals surface area contributed by atoms with E-state index in [4.69, 9.17) is 9.72 Å². The largest absolute Gasteiger partial charge is 0.495 e. The lowest BCUT2D eigenvalue weighted by Gasteiger charge is -2.25. The number of nitrogens with zero attached hydrogens (tertiary/aromatic N) is 8. The number of fused-ring (bicyclic) bond motifs is 1. The first-order chi connectivity index (χ1) is 17.6. The molecule has 184 valence electrons. The molecule has 4 aromatic heterocycles. The predicted octanol–water partition coefficient (Wildman–Crippen LogP) is 4.88. The molecule has 0 bridgehead atoms. The van der Waals surface area contributed by atoms with Gasteiger partial charge in [0.1, 0.15) is 17.1 Å². The fraction of sp³-hybridized carbons (Fsp3) is 0.346. The Hall–Kier alpha value is -4.21. The Bertz CT molecular complexity index is 1520. The molecule has 1 saturated carbocycles. The Kier molecular flexibility index (Phi) is 5.63. The van der Waals surface area contributed by atoms with Gasteiger partial charge in [-0.3, -0.25) is 9.36 Å². The van der Waals surface area contributed by atoms with Crippen LogP contribution in [0.5, 0.6) is 5.75 Å². The van der Waals surface area contributed by atoms with Gasteiger partial charge in [-0.15, -0.1) is 5.10 Å². The molecule has 1 aliphatic carbocycles. The fourth-order valence-corrected chi connectivity index (χ4v) is 5.11. The van der Waals surface area contributed by atoms with E-state index in [1.165, 1.54) is 19.3 Å². The Morgan fingerprint density at radius 1 is 0.972 bits per heavy atom. The highest BCUT2D eigenvalue weighted by atomic mass is 16.5. The lowest BCUT2D eigenvalue weighted by molar-refractivity contribution is 0.362. The second-order valence-corrected chi connectivity index (χ2v) is 9.38. The molecular formula is C26H29N9O. The first-order valence-electron chi connectivity index (χ1n) is 12.3. The van der Waals surface area contributed by atoms with Crippen LogP contribution < -0.4 is 10.1 Å². The molecule has 10 heteroatoms. The highest BCUT2D eigenvalue weighted by Gasteiger charge is 2.23. The molecule has 5 aromatic rings. The Labute approximate surface area is 208 Å². The van der Waals surface area contributed by atoms with E-state index in [0.29, 0.717) is 17.7 Å². The zero-order valence-electron chi connectivity index (χ0n) is 20.7. The van der Waals surface area contributed by atoms with Crippen LogP contribution in [0, 0.1) is 0 Å². The van der Waals surface area contributed by atoms with E-state index in [1.54, 1.807) is 11.8 Å². The number of nitrogens with one attached hydrogen (secondary N) is 1. The van der Waals surface area contributed by atoms with Gasteiger partial charge in [-0.05, 0) is 31.0 Å². The molecule has 4 heterocycles. The lowest BCUT2D eigenvalue weighted by atomic mass is 9.95. The molecule has 0 unspecified atom stereocenters. The minimum Gasteiger partial charge on any atom is -0.495 e. The van der Waals surface area contributed by atoms with E-state index >= 15 is 0 Å². The van der Waals surface area contributed by atoms with Crippen LogP contribution in [0.2, 0.25) is 0 Å². The molecule has 0 radical (unpaired) electrons. The summed E-state index contributed by atoms with van der Waals surface area (Å²) in [6, 6.07) is 8.47. The normalized spacial score (nSPS) is 14.4. The quantitative estimate of drug-likeness (QED) is 0.367. The highest BCUT2D eigenvalue weighted by molar-refractivity contribution is 5.85. The van der Waals surface area contributed by atoms with Gasteiger partial charge in [0, 0.05) is 49.0 Å². The third kappa shape index (κ3) is 4.08. The molecule has 1 N–H and O–H groups in total. The summed E-state index contributed by atoms with van der Waals surface area (Å²) in [6.07, 6.45) is 13.8. The van der Waals surface area contributed by atoms with Crippen molar-refractivity contribution in [2.24, 2.45) is 14.1 Å². The number of hydrogen-bond acceptors (Lipinski definition) is 7. The van der Waals surface area contributed by atoms with Crippen molar-refractivity contribution in [3.63, 3.8) is 0 Å². The van der Waals surface area contributed by atoms with Crippen molar-refractivity contribution in [2.75, 3.05) is 12.4 Å². The minimum absolute atomic E-state index is 0.412. The maximum Gasteiger partial charge on any atom is 0.229 e. The van der Waals surface area contributed by atoms with E-state index in [1.807, 2.05) is 55.6 Å². The van der Waals surface area contributed by atoms with Gasteiger partial charge in [-0.2, -0.15) is 10.1 Å². The second-order valence-electron chi connectivity index (χ2n) is 9.38. The van der Waals surface area contributed by atoms with E-state index < -0.39 is 0 Å². The van der Waals surface area contributed by atoms with Crippen LogP contribution in [0.3, 0.4) is 0 Å². The molecule has 0 spiro atoms. The smallest absolute Gasteiger partial charge is 0.229 e. The molecule has 6 rings (SSSR count). The average Bonchev–Trinajstić information content (AvgIpc) is 3.62. The molecule has 0 aliphatic heterocycles. The predicted molar refractivity (Wildman–Crippen MR) is 138 cm³/mol. The number of anilines is 2. The molecule has 1 fully saturated rings. The summed E-state index contributed by atoms with van der Waals surface area (Å²) in [4.78, 5) is 9.61. The van der Waals surface area contributed by atoms with Crippen LogP contribution in [0.15, 0.2) is 49.1 Å². The molecule has 0 amide bonds. The summed E-state index contributed by atoms with van der Waals surface area (Å²) in [5.74, 6) is 1.21. The van der Waals surface area contributed by atoms with Gasteiger partial charge >= 0.3 is 0 Å². The number of hydrogen-bond donors (Lipinski definition) is 1. The lowest BCUT2D eigenvalue weighted by Crippen LogP contribution is -2.14. The van der Waals surface area contributed by atoms with Crippen LogP contribution in [-0.2, 0) is 14.1 Å². The van der Waals surface area contributed by atoms with Gasteiger partial charge in [-0.25, -0.2) is 4.98 Å². The monoisotopic (exact) mass is 483 g/mol. The van der Waals surface area contributed by atoms with Crippen molar-refractivity contribution in [1.29, 1.82) is 0 Å². The second kappa shape index (κ2) is 9.10. The van der Waals surface area contributed by atoms with Crippen LogP contribution >= 0.6 is 0 Å². The molecule has 0 atom stereocenters. The SMILES string of the molecule is COc1cc(-c2cn(C)nn2)ccc1Nc1ncc2cc(-c3cnn(C)c3)n(C3CCCCC3)c2n1. The maximum absolute atomic E-state index is 5.67. The number of benzene rings is 1. The molecule has 10 nitrogen and oxygen atoms in total. The zero-order chi connectivity index (χ0) is 24.6. The Morgan fingerprint density at radius 3 is 2.56 bits per heavy atom. The maximum atomic E-state index is 5.67. The van der Waals surface area contributed by atoms with E-state index in [9.17, 15) is 0 Å². The first kappa shape index (κ1) is 22.3. The van der Waals surface area contributed by atoms with Crippen molar-refractivity contribution >= 4 is 22.7 Å². The standard InChI is InChI=1S/C26H29N9O/c1-33-15-19(14-28-33)23-11-18-13-27-26(30-25(18)35(23)20-7-5-4-6-8-20)29-21-10-9-17(12-24(21)36-3)22-16-34(2)32-31-22/h9-16,20H,4-8H2,1-3H3,(H,27,29,30). The zero-order valence-corrected chi connectivity index (χ0v) is 20.7. The van der Waals surface area contributed by atoms with Crippen LogP contribution in [0.1, 0.15) is 38.1 Å².